The number of benzene rings is 1. The average Bonchev–Trinajstić information content (AvgIpc) is 2.42. The molecule has 0 heterocycles. The van der Waals surface area contributed by atoms with Crippen LogP contribution in [0.3, 0.4) is 0 Å². The smallest absolute Gasteiger partial charge is 0.165 e. The minimum atomic E-state index is -0.997. The summed E-state index contributed by atoms with van der Waals surface area (Å²) in [6.07, 6.45) is 0. The summed E-state index contributed by atoms with van der Waals surface area (Å²) in [7, 11) is 1.63. The van der Waals surface area contributed by atoms with Crippen LogP contribution in [0.2, 0.25) is 0 Å². The number of hydrogen-bond acceptors (Lipinski definition) is 4. The van der Waals surface area contributed by atoms with Crippen LogP contribution in [0, 0.1) is 11.7 Å². The Hall–Kier alpha value is -1.17. The molecule has 1 aromatic rings. The summed E-state index contributed by atoms with van der Waals surface area (Å²) in [6, 6.07) is 4.82. The van der Waals surface area contributed by atoms with E-state index in [0.29, 0.717) is 19.7 Å². The summed E-state index contributed by atoms with van der Waals surface area (Å²) in [5.74, 6) is -0.198. The Morgan fingerprint density at radius 3 is 2.71 bits per heavy atom. The zero-order chi connectivity index (χ0) is 15.9. The van der Waals surface area contributed by atoms with E-state index in [4.69, 9.17) is 9.47 Å². The fourth-order valence-electron chi connectivity index (χ4n) is 1.64. The monoisotopic (exact) mass is 299 g/mol. The molecule has 0 saturated carbocycles. The Bertz CT molecular complexity index is 436. The topological polar surface area (TPSA) is 50.7 Å². The molecule has 1 rings (SSSR count). The van der Waals surface area contributed by atoms with E-state index in [9.17, 15) is 9.50 Å². The second kappa shape index (κ2) is 8.32. The van der Waals surface area contributed by atoms with Gasteiger partial charge in [0.2, 0.25) is 0 Å². The minimum absolute atomic E-state index is 0.0209. The molecule has 0 fully saturated rings. The molecule has 1 aromatic carbocycles. The highest BCUT2D eigenvalue weighted by Crippen LogP contribution is 2.25. The van der Waals surface area contributed by atoms with Gasteiger partial charge in [0, 0.05) is 25.8 Å². The maximum absolute atomic E-state index is 13.9. The molecule has 0 bridgehead atoms. The van der Waals surface area contributed by atoms with E-state index < -0.39 is 11.4 Å². The highest BCUT2D eigenvalue weighted by atomic mass is 19.1. The third-order valence-electron chi connectivity index (χ3n) is 3.60. The Morgan fingerprint density at radius 1 is 1.38 bits per heavy atom. The van der Waals surface area contributed by atoms with Gasteiger partial charge >= 0.3 is 0 Å². The summed E-state index contributed by atoms with van der Waals surface area (Å²) < 4.78 is 24.4. The van der Waals surface area contributed by atoms with Gasteiger partial charge in [-0.05, 0) is 18.9 Å². The van der Waals surface area contributed by atoms with E-state index in [1.165, 1.54) is 6.07 Å². The molecule has 2 N–H and O–H groups in total. The molecule has 0 aromatic heterocycles. The highest BCUT2D eigenvalue weighted by Gasteiger charge is 2.26. The van der Waals surface area contributed by atoms with E-state index in [0.717, 1.165) is 5.56 Å². The molecule has 21 heavy (non-hydrogen) atoms. The number of hydrogen-bond donors (Lipinski definition) is 2. The lowest BCUT2D eigenvalue weighted by molar-refractivity contribution is -0.0277. The van der Waals surface area contributed by atoms with E-state index in [-0.39, 0.29) is 18.3 Å². The van der Waals surface area contributed by atoms with Crippen LogP contribution in [0.1, 0.15) is 26.3 Å². The van der Waals surface area contributed by atoms with Crippen LogP contribution in [-0.4, -0.2) is 37.6 Å². The second-order valence-corrected chi connectivity index (χ2v) is 5.70. The van der Waals surface area contributed by atoms with Crippen molar-refractivity contribution in [3.8, 4) is 5.75 Å². The second-order valence-electron chi connectivity index (χ2n) is 5.70. The Balaban J connectivity index is 2.71. The van der Waals surface area contributed by atoms with Gasteiger partial charge in [0.05, 0.1) is 12.2 Å². The van der Waals surface area contributed by atoms with Crippen molar-refractivity contribution >= 4 is 0 Å². The molecule has 0 amide bonds. The van der Waals surface area contributed by atoms with Crippen molar-refractivity contribution in [1.29, 1.82) is 0 Å². The van der Waals surface area contributed by atoms with Gasteiger partial charge in [-0.1, -0.05) is 26.0 Å². The predicted molar refractivity (Wildman–Crippen MR) is 80.9 cm³/mol. The van der Waals surface area contributed by atoms with Crippen LogP contribution in [0.5, 0.6) is 5.75 Å². The molecule has 0 aliphatic rings. The quantitative estimate of drug-likeness (QED) is 0.687. The molecule has 0 radical (unpaired) electrons. The Labute approximate surface area is 126 Å². The first-order chi connectivity index (χ1) is 9.88. The number of ether oxygens (including phenoxy) is 2. The summed E-state index contributed by atoms with van der Waals surface area (Å²) in [6.45, 7) is 7.30. The molecule has 5 heteroatoms. The fraction of sp³-hybridized carbons (Fsp3) is 0.625. The van der Waals surface area contributed by atoms with E-state index >= 15 is 0 Å². The van der Waals surface area contributed by atoms with Crippen molar-refractivity contribution < 1.29 is 19.0 Å². The molecular formula is C16H26FNO3. The normalized spacial score (nSPS) is 14.2. The summed E-state index contributed by atoms with van der Waals surface area (Å²) >= 11 is 0. The SMILES string of the molecule is COCCNCc1cccc(F)c1OCC(C)(O)C(C)C. The molecule has 120 valence electrons. The third kappa shape index (κ3) is 5.61. The molecule has 4 nitrogen and oxygen atoms in total. The standard InChI is InChI=1S/C16H26FNO3/c1-12(2)16(3,19)11-21-15-13(6-5-7-14(15)17)10-18-8-9-20-4/h5-7,12,18-19H,8-11H2,1-4H3. The molecule has 0 spiro atoms. The van der Waals surface area contributed by atoms with E-state index in [1.54, 1.807) is 20.1 Å². The first-order valence-electron chi connectivity index (χ1n) is 7.20. The zero-order valence-electron chi connectivity index (χ0n) is 13.3. The lowest BCUT2D eigenvalue weighted by Crippen LogP contribution is -2.38. The number of nitrogens with one attached hydrogen (secondary N) is 1. The average molecular weight is 299 g/mol. The summed E-state index contributed by atoms with van der Waals surface area (Å²) in [5, 5.41) is 13.4. The molecule has 1 atom stereocenters. The minimum Gasteiger partial charge on any atom is -0.487 e. The number of rotatable bonds is 9. The lowest BCUT2D eigenvalue weighted by atomic mass is 9.94. The van der Waals surface area contributed by atoms with Gasteiger partial charge in [-0.15, -0.1) is 0 Å². The fourth-order valence-corrected chi connectivity index (χ4v) is 1.64. The van der Waals surface area contributed by atoms with Crippen LogP contribution in [0.25, 0.3) is 0 Å². The van der Waals surface area contributed by atoms with Gasteiger partial charge in [0.1, 0.15) is 6.61 Å². The largest absolute Gasteiger partial charge is 0.487 e. The van der Waals surface area contributed by atoms with Crippen molar-refractivity contribution in [2.45, 2.75) is 32.9 Å². The molecule has 0 aliphatic heterocycles. The van der Waals surface area contributed by atoms with Gasteiger partial charge in [0.25, 0.3) is 0 Å². The number of para-hydroxylation sites is 1. The molecule has 0 saturated heterocycles. The van der Waals surface area contributed by atoms with Crippen LogP contribution in [-0.2, 0) is 11.3 Å². The maximum atomic E-state index is 13.9. The predicted octanol–water partition coefficient (Wildman–Crippen LogP) is 2.35. The van der Waals surface area contributed by atoms with Crippen LogP contribution < -0.4 is 10.1 Å². The zero-order valence-corrected chi connectivity index (χ0v) is 13.3. The van der Waals surface area contributed by atoms with Gasteiger partial charge in [-0.25, -0.2) is 4.39 Å². The summed E-state index contributed by atoms with van der Waals surface area (Å²) in [4.78, 5) is 0. The van der Waals surface area contributed by atoms with Crippen molar-refractivity contribution in [3.63, 3.8) is 0 Å². The van der Waals surface area contributed by atoms with Crippen molar-refractivity contribution in [2.75, 3.05) is 26.9 Å². The Kier molecular flexibility index (Phi) is 7.08. The van der Waals surface area contributed by atoms with Crippen molar-refractivity contribution in [2.24, 2.45) is 5.92 Å². The molecular weight excluding hydrogens is 273 g/mol. The number of methoxy groups -OCH3 is 1. The van der Waals surface area contributed by atoms with Gasteiger partial charge in [-0.3, -0.25) is 0 Å². The summed E-state index contributed by atoms with van der Waals surface area (Å²) in [5.41, 5.74) is -0.270. The van der Waals surface area contributed by atoms with Gasteiger partial charge < -0.3 is 19.9 Å². The number of halogens is 1. The van der Waals surface area contributed by atoms with Gasteiger partial charge in [-0.2, -0.15) is 0 Å². The van der Waals surface area contributed by atoms with Crippen LogP contribution in [0.15, 0.2) is 18.2 Å². The highest BCUT2D eigenvalue weighted by molar-refractivity contribution is 5.35. The Morgan fingerprint density at radius 2 is 2.10 bits per heavy atom. The van der Waals surface area contributed by atoms with Crippen LogP contribution >= 0.6 is 0 Å². The third-order valence-corrected chi connectivity index (χ3v) is 3.60. The first kappa shape index (κ1) is 17.9. The molecule has 0 aliphatic carbocycles. The maximum Gasteiger partial charge on any atom is 0.165 e. The number of aliphatic hydroxyl groups is 1. The van der Waals surface area contributed by atoms with Crippen LogP contribution in [0.4, 0.5) is 4.39 Å². The lowest BCUT2D eigenvalue weighted by Gasteiger charge is -2.28. The van der Waals surface area contributed by atoms with E-state index in [1.807, 2.05) is 19.9 Å². The van der Waals surface area contributed by atoms with Gasteiger partial charge in [0.15, 0.2) is 11.6 Å². The van der Waals surface area contributed by atoms with Crippen molar-refractivity contribution in [3.05, 3.63) is 29.6 Å². The first-order valence-corrected chi connectivity index (χ1v) is 7.20. The van der Waals surface area contributed by atoms with E-state index in [2.05, 4.69) is 5.32 Å². The molecule has 1 unspecified atom stereocenters. The van der Waals surface area contributed by atoms with Crippen molar-refractivity contribution in [1.82, 2.24) is 5.32 Å².